The fourth-order valence-corrected chi connectivity index (χ4v) is 3.00. The molecule has 1 amide bonds. The molecule has 0 radical (unpaired) electrons. The molecule has 0 spiro atoms. The van der Waals surface area contributed by atoms with Crippen LogP contribution in [0.5, 0.6) is 5.75 Å². The number of alkyl halides is 3. The molecular weight excluding hydrogens is 415 g/mol. The number of halogens is 3. The lowest BCUT2D eigenvalue weighted by Crippen LogP contribution is -2.17. The number of nitrogens with one attached hydrogen (secondary N) is 2. The van der Waals surface area contributed by atoms with E-state index in [0.717, 1.165) is 23.9 Å². The maximum Gasteiger partial charge on any atom is 0.573 e. The third-order valence-corrected chi connectivity index (χ3v) is 4.38. The maximum absolute atomic E-state index is 12.1. The quantitative estimate of drug-likeness (QED) is 0.386. The average molecular weight is 429 g/mol. The maximum atomic E-state index is 12.1. The number of carbonyl (C=O) groups excluding carboxylic acids is 1. The summed E-state index contributed by atoms with van der Waals surface area (Å²) in [6.07, 6.45) is -3.46. The molecule has 0 aliphatic carbocycles. The van der Waals surface area contributed by atoms with Crippen molar-refractivity contribution in [2.45, 2.75) is 18.1 Å². The van der Waals surface area contributed by atoms with Gasteiger partial charge >= 0.3 is 6.36 Å². The normalized spacial score (nSPS) is 11.6. The highest BCUT2D eigenvalue weighted by Crippen LogP contribution is 2.24. The molecule has 0 aliphatic heterocycles. The Balaban J connectivity index is 1.62. The Bertz CT molecular complexity index is 1070. The Morgan fingerprint density at radius 2 is 2.03 bits per heavy atom. The number of aromatic amines is 1. The number of fused-ring (bicyclic) bond motifs is 1. The van der Waals surface area contributed by atoms with Crippen LogP contribution in [-0.2, 0) is 11.3 Å². The number of anilines is 1. The van der Waals surface area contributed by atoms with Crippen molar-refractivity contribution in [2.75, 3.05) is 17.7 Å². The molecule has 2 heterocycles. The minimum Gasteiger partial charge on any atom is -0.406 e. The van der Waals surface area contributed by atoms with Crippen LogP contribution in [0.3, 0.4) is 0 Å². The minimum absolute atomic E-state index is 0.108. The minimum atomic E-state index is -4.79. The molecule has 3 N–H and O–H groups in total. The van der Waals surface area contributed by atoms with Gasteiger partial charge in [0.05, 0.1) is 25.1 Å². The summed E-state index contributed by atoms with van der Waals surface area (Å²) in [6.45, 7) is -0.0124. The first-order chi connectivity index (χ1) is 13.7. The van der Waals surface area contributed by atoms with Crippen molar-refractivity contribution < 1.29 is 27.8 Å². The number of aliphatic hydroxyl groups excluding tert-OH is 1. The molecule has 29 heavy (non-hydrogen) atoms. The lowest BCUT2D eigenvalue weighted by molar-refractivity contribution is -0.274. The number of amides is 1. The van der Waals surface area contributed by atoms with Gasteiger partial charge < -0.3 is 20.1 Å². The van der Waals surface area contributed by atoms with E-state index >= 15 is 0 Å². The molecule has 0 saturated heterocycles. The van der Waals surface area contributed by atoms with Crippen LogP contribution in [0.4, 0.5) is 18.9 Å². The van der Waals surface area contributed by atoms with Crippen molar-refractivity contribution in [1.29, 1.82) is 0 Å². The fourth-order valence-electron chi connectivity index (χ4n) is 2.34. The highest BCUT2D eigenvalue weighted by molar-refractivity contribution is 7.99. The second kappa shape index (κ2) is 8.53. The third-order valence-electron chi connectivity index (χ3n) is 3.51. The Morgan fingerprint density at radius 3 is 2.69 bits per heavy atom. The first-order valence-electron chi connectivity index (χ1n) is 8.10. The van der Waals surface area contributed by atoms with Crippen LogP contribution < -0.4 is 15.6 Å². The summed E-state index contributed by atoms with van der Waals surface area (Å²) in [5, 5.41) is 16.0. The summed E-state index contributed by atoms with van der Waals surface area (Å²) in [5.41, 5.74) is 0.136. The van der Waals surface area contributed by atoms with E-state index < -0.39 is 23.6 Å². The molecule has 0 unspecified atom stereocenters. The van der Waals surface area contributed by atoms with Crippen LogP contribution in [0, 0.1) is 0 Å². The van der Waals surface area contributed by atoms with Crippen LogP contribution >= 0.6 is 11.8 Å². The summed E-state index contributed by atoms with van der Waals surface area (Å²) < 4.78 is 41.6. The number of hydrogen-bond acceptors (Lipinski definition) is 7. The standard InChI is InChI=1S/C16H14F3N5O4S/c17-16(18,19)28-10-3-1-9(2-4-10)21-12(26)8-29-15-22-13-11(14(27)23-15)7-20-24(13)5-6-25/h1-4,7,25H,5-6,8H2,(H,21,26)(H,22,23,27). The number of ether oxygens (including phenoxy) is 1. The second-order valence-corrected chi connectivity index (χ2v) is 6.57. The zero-order valence-corrected chi connectivity index (χ0v) is 15.4. The molecule has 2 aromatic heterocycles. The van der Waals surface area contributed by atoms with E-state index in [1.807, 2.05) is 0 Å². The van der Waals surface area contributed by atoms with E-state index in [0.29, 0.717) is 0 Å². The van der Waals surface area contributed by atoms with E-state index in [4.69, 9.17) is 5.11 Å². The van der Waals surface area contributed by atoms with E-state index in [1.165, 1.54) is 23.0 Å². The van der Waals surface area contributed by atoms with Gasteiger partial charge in [-0.25, -0.2) is 9.67 Å². The molecule has 0 atom stereocenters. The zero-order chi connectivity index (χ0) is 21.0. The van der Waals surface area contributed by atoms with Gasteiger partial charge in [-0.15, -0.1) is 13.2 Å². The van der Waals surface area contributed by atoms with Crippen LogP contribution in [0.25, 0.3) is 11.0 Å². The predicted octanol–water partition coefficient (Wildman–Crippen LogP) is 1.74. The Kier molecular flexibility index (Phi) is 6.08. The number of rotatable bonds is 7. The fraction of sp³-hybridized carbons (Fsp3) is 0.250. The lowest BCUT2D eigenvalue weighted by Gasteiger charge is -2.10. The molecule has 154 valence electrons. The number of H-pyrrole nitrogens is 1. The van der Waals surface area contributed by atoms with Gasteiger partial charge in [0.2, 0.25) is 5.91 Å². The number of thioether (sulfide) groups is 1. The third kappa shape index (κ3) is 5.48. The Morgan fingerprint density at radius 1 is 1.31 bits per heavy atom. The number of nitrogens with zero attached hydrogens (tertiary/aromatic N) is 3. The Hall–Kier alpha value is -3.06. The van der Waals surface area contributed by atoms with Gasteiger partial charge in [0.1, 0.15) is 11.1 Å². The van der Waals surface area contributed by atoms with Crippen LogP contribution in [-0.4, -0.2) is 49.5 Å². The molecule has 3 aromatic rings. The first kappa shape index (κ1) is 20.7. The van der Waals surface area contributed by atoms with Crippen molar-refractivity contribution in [3.63, 3.8) is 0 Å². The highest BCUT2D eigenvalue weighted by Gasteiger charge is 2.30. The van der Waals surface area contributed by atoms with Crippen molar-refractivity contribution in [1.82, 2.24) is 19.7 Å². The zero-order valence-electron chi connectivity index (χ0n) is 14.6. The average Bonchev–Trinajstić information content (AvgIpc) is 3.04. The molecule has 1 aromatic carbocycles. The molecule has 0 bridgehead atoms. The van der Waals surface area contributed by atoms with Gasteiger partial charge in [-0.05, 0) is 24.3 Å². The second-order valence-electron chi connectivity index (χ2n) is 5.61. The Labute approximate surface area is 164 Å². The van der Waals surface area contributed by atoms with Gasteiger partial charge in [0.15, 0.2) is 10.8 Å². The predicted molar refractivity (Wildman–Crippen MR) is 97.7 cm³/mol. The first-order valence-corrected chi connectivity index (χ1v) is 9.09. The smallest absolute Gasteiger partial charge is 0.406 e. The van der Waals surface area contributed by atoms with E-state index in [-0.39, 0.29) is 40.8 Å². The molecule has 0 aliphatic rings. The van der Waals surface area contributed by atoms with Gasteiger partial charge in [-0.1, -0.05) is 11.8 Å². The number of benzene rings is 1. The molecule has 3 rings (SSSR count). The van der Waals surface area contributed by atoms with Gasteiger partial charge in [-0.3, -0.25) is 9.59 Å². The number of aromatic nitrogens is 4. The number of aliphatic hydroxyl groups is 1. The molecule has 0 fully saturated rings. The van der Waals surface area contributed by atoms with E-state index in [1.54, 1.807) is 0 Å². The highest BCUT2D eigenvalue weighted by atomic mass is 32.2. The number of hydrogen-bond donors (Lipinski definition) is 3. The summed E-state index contributed by atoms with van der Waals surface area (Å²) in [4.78, 5) is 30.9. The van der Waals surface area contributed by atoms with E-state index in [9.17, 15) is 22.8 Å². The van der Waals surface area contributed by atoms with Gasteiger partial charge in [0.25, 0.3) is 5.56 Å². The van der Waals surface area contributed by atoms with Crippen molar-refractivity contribution in [3.8, 4) is 5.75 Å². The lowest BCUT2D eigenvalue weighted by atomic mass is 10.3. The summed E-state index contributed by atoms with van der Waals surface area (Å²) in [7, 11) is 0. The van der Waals surface area contributed by atoms with Crippen LogP contribution in [0.1, 0.15) is 0 Å². The van der Waals surface area contributed by atoms with Crippen molar-refractivity contribution in [2.24, 2.45) is 0 Å². The summed E-state index contributed by atoms with van der Waals surface area (Å²) in [6, 6.07) is 4.68. The van der Waals surface area contributed by atoms with Gasteiger partial charge in [-0.2, -0.15) is 5.10 Å². The summed E-state index contributed by atoms with van der Waals surface area (Å²) in [5.74, 6) is -0.964. The largest absolute Gasteiger partial charge is 0.573 e. The summed E-state index contributed by atoms with van der Waals surface area (Å²) >= 11 is 0.962. The molecule has 9 nitrogen and oxygen atoms in total. The monoisotopic (exact) mass is 429 g/mol. The number of carbonyl (C=O) groups is 1. The van der Waals surface area contributed by atoms with Crippen LogP contribution in [0.15, 0.2) is 40.4 Å². The van der Waals surface area contributed by atoms with Crippen molar-refractivity contribution in [3.05, 3.63) is 40.8 Å². The van der Waals surface area contributed by atoms with Crippen molar-refractivity contribution >= 4 is 34.4 Å². The molecular formula is C16H14F3N5O4S. The topological polar surface area (TPSA) is 122 Å². The molecule has 0 saturated carbocycles. The SMILES string of the molecule is O=C(CSc1nc2c(cnn2CCO)c(=O)[nH]1)Nc1ccc(OC(F)(F)F)cc1. The van der Waals surface area contributed by atoms with Crippen LogP contribution in [0.2, 0.25) is 0 Å². The van der Waals surface area contributed by atoms with Gasteiger partial charge in [0, 0.05) is 5.69 Å². The molecule has 13 heteroatoms. The van der Waals surface area contributed by atoms with E-state index in [2.05, 4.69) is 25.1 Å².